The zero-order chi connectivity index (χ0) is 28.2. The van der Waals surface area contributed by atoms with Crippen LogP contribution in [-0.2, 0) is 15.0 Å². The third-order valence-corrected chi connectivity index (χ3v) is 9.32. The van der Waals surface area contributed by atoms with Crippen LogP contribution in [0.3, 0.4) is 0 Å². The van der Waals surface area contributed by atoms with Crippen molar-refractivity contribution in [1.29, 1.82) is 0 Å². The summed E-state index contributed by atoms with van der Waals surface area (Å²) in [5, 5.41) is 3.22. The fraction of sp³-hybridized carbons (Fsp3) is 0.367. The van der Waals surface area contributed by atoms with Crippen LogP contribution in [0.15, 0.2) is 42.6 Å². The van der Waals surface area contributed by atoms with Crippen molar-refractivity contribution in [3.63, 3.8) is 0 Å². The maximum absolute atomic E-state index is 14.1. The average Bonchev–Trinajstić information content (AvgIpc) is 3.17. The highest BCUT2D eigenvalue weighted by atomic mass is 35.5. The van der Waals surface area contributed by atoms with Crippen molar-refractivity contribution in [2.45, 2.75) is 50.5 Å². The van der Waals surface area contributed by atoms with E-state index in [4.69, 9.17) is 33.7 Å². The molecule has 208 valence electrons. The number of benzene rings is 2. The van der Waals surface area contributed by atoms with Gasteiger partial charge >= 0.3 is 0 Å². The third kappa shape index (κ3) is 4.47. The van der Waals surface area contributed by atoms with Gasteiger partial charge in [-0.15, -0.1) is 0 Å². The second-order valence-electron chi connectivity index (χ2n) is 10.9. The summed E-state index contributed by atoms with van der Waals surface area (Å²) in [5.41, 5.74) is 9.07. The number of nitrogens with zero attached hydrogens (tertiary/aromatic N) is 2. The lowest BCUT2D eigenvalue weighted by Gasteiger charge is -2.40. The zero-order valence-electron chi connectivity index (χ0n) is 22.0. The van der Waals surface area contributed by atoms with Crippen molar-refractivity contribution < 1.29 is 18.7 Å². The Morgan fingerprint density at radius 3 is 2.62 bits per heavy atom. The Labute approximate surface area is 241 Å². The van der Waals surface area contributed by atoms with Gasteiger partial charge in [-0.05, 0) is 74.1 Å². The minimum absolute atomic E-state index is 0.0208. The number of ether oxygens (including phenoxy) is 1. The normalized spacial score (nSPS) is 18.7. The van der Waals surface area contributed by atoms with E-state index in [1.54, 1.807) is 19.2 Å². The van der Waals surface area contributed by atoms with Gasteiger partial charge in [-0.1, -0.05) is 35.7 Å². The first-order chi connectivity index (χ1) is 19.2. The number of hydrogen-bond donors (Lipinski definition) is 2. The van der Waals surface area contributed by atoms with Gasteiger partial charge in [0.1, 0.15) is 11.9 Å². The number of anilines is 2. The number of piperidine rings is 1. The van der Waals surface area contributed by atoms with Crippen molar-refractivity contribution in [3.8, 4) is 16.9 Å². The lowest BCUT2D eigenvalue weighted by atomic mass is 9.72. The molecule has 0 radical (unpaired) electrons. The molecule has 0 unspecified atom stereocenters. The molecule has 1 atom stereocenters. The van der Waals surface area contributed by atoms with Crippen molar-refractivity contribution in [2.75, 3.05) is 24.1 Å². The van der Waals surface area contributed by atoms with Crippen LogP contribution in [0.1, 0.15) is 56.3 Å². The summed E-state index contributed by atoms with van der Waals surface area (Å²) >= 11 is 12.5. The van der Waals surface area contributed by atoms with Crippen LogP contribution in [-0.4, -0.2) is 34.8 Å². The Hall–Kier alpha value is -3.36. The first-order valence-electron chi connectivity index (χ1n) is 13.5. The molecule has 7 nitrogen and oxygen atoms in total. The van der Waals surface area contributed by atoms with Gasteiger partial charge in [-0.25, -0.2) is 9.37 Å². The fourth-order valence-electron chi connectivity index (χ4n) is 5.98. The quantitative estimate of drug-likeness (QED) is 0.333. The molecule has 1 aliphatic carbocycles. The minimum atomic E-state index is -0.701. The largest absolute Gasteiger partial charge is 0.482 e. The van der Waals surface area contributed by atoms with Crippen molar-refractivity contribution in [3.05, 3.63) is 69.6 Å². The summed E-state index contributed by atoms with van der Waals surface area (Å²) in [6, 6.07) is 10.2. The van der Waals surface area contributed by atoms with E-state index in [0.717, 1.165) is 41.6 Å². The predicted octanol–water partition coefficient (Wildman–Crippen LogP) is 6.53. The Kier molecular flexibility index (Phi) is 6.87. The Balaban J connectivity index is 1.27. The molecule has 3 aliphatic rings. The number of likely N-dealkylation sites (tertiary alicyclic amines) is 1. The molecule has 40 heavy (non-hydrogen) atoms. The molecule has 2 amide bonds. The van der Waals surface area contributed by atoms with E-state index in [9.17, 15) is 14.0 Å². The molecular weight excluding hydrogens is 554 g/mol. The SMILES string of the molecule is C[C@@H](Oc1cc(-c2ccc3c(c2)C2(CCN(C(=O)C4CCC4)CC2)C(=O)N3)cnc1N)c1c(Cl)ccc(F)c1Cl. The number of carbonyl (C=O) groups is 2. The van der Waals surface area contributed by atoms with E-state index in [0.29, 0.717) is 37.2 Å². The summed E-state index contributed by atoms with van der Waals surface area (Å²) in [7, 11) is 0. The predicted molar refractivity (Wildman–Crippen MR) is 153 cm³/mol. The van der Waals surface area contributed by atoms with Crippen LogP contribution in [0.2, 0.25) is 10.0 Å². The number of aromatic nitrogens is 1. The molecule has 10 heteroatoms. The van der Waals surface area contributed by atoms with Crippen LogP contribution in [0.25, 0.3) is 11.1 Å². The number of nitrogens with two attached hydrogens (primary N) is 1. The van der Waals surface area contributed by atoms with Gasteiger partial charge in [0.2, 0.25) is 11.8 Å². The first-order valence-corrected chi connectivity index (χ1v) is 14.2. The minimum Gasteiger partial charge on any atom is -0.482 e. The molecule has 2 fully saturated rings. The summed E-state index contributed by atoms with van der Waals surface area (Å²) in [4.78, 5) is 32.3. The number of nitrogens with one attached hydrogen (secondary N) is 1. The lowest BCUT2D eigenvalue weighted by molar-refractivity contribution is -0.141. The molecule has 1 saturated heterocycles. The second-order valence-corrected chi connectivity index (χ2v) is 11.7. The summed E-state index contributed by atoms with van der Waals surface area (Å²) in [6.07, 6.45) is 5.15. The van der Waals surface area contributed by atoms with Crippen LogP contribution in [0.4, 0.5) is 15.9 Å². The van der Waals surface area contributed by atoms with Crippen LogP contribution in [0.5, 0.6) is 5.75 Å². The molecule has 6 rings (SSSR count). The van der Waals surface area contributed by atoms with E-state index >= 15 is 0 Å². The van der Waals surface area contributed by atoms with Gasteiger partial charge in [-0.2, -0.15) is 0 Å². The zero-order valence-corrected chi connectivity index (χ0v) is 23.5. The standard InChI is InChI=1S/C30H29Cl2FN4O3/c1-16(25-21(31)6-7-22(33)26(25)32)40-24-14-19(15-35-27(24)34)18-5-8-23-20(13-18)30(29(39)36-23)9-11-37(12-10-30)28(38)17-3-2-4-17/h5-8,13-17H,2-4,9-12H2,1H3,(H2,34,35)(H,36,39)/t16-/m1/s1. The van der Waals surface area contributed by atoms with E-state index in [1.807, 2.05) is 23.1 Å². The van der Waals surface area contributed by atoms with Gasteiger partial charge < -0.3 is 20.7 Å². The molecule has 1 saturated carbocycles. The number of nitrogen functional groups attached to an aromatic ring is 1. The smallest absolute Gasteiger partial charge is 0.235 e. The highest BCUT2D eigenvalue weighted by Gasteiger charge is 2.49. The van der Waals surface area contributed by atoms with Gasteiger partial charge in [0.25, 0.3) is 0 Å². The molecule has 1 aromatic heterocycles. The van der Waals surface area contributed by atoms with Crippen molar-refractivity contribution in [1.82, 2.24) is 9.88 Å². The van der Waals surface area contributed by atoms with E-state index in [1.165, 1.54) is 12.1 Å². The molecule has 3 aromatic rings. The molecule has 2 aliphatic heterocycles. The molecule has 3 N–H and O–H groups in total. The maximum Gasteiger partial charge on any atom is 0.235 e. The lowest BCUT2D eigenvalue weighted by Crippen LogP contribution is -2.50. The Morgan fingerprint density at radius 2 is 1.93 bits per heavy atom. The van der Waals surface area contributed by atoms with Crippen LogP contribution in [0, 0.1) is 11.7 Å². The topological polar surface area (TPSA) is 97.5 Å². The van der Waals surface area contributed by atoms with Crippen LogP contribution >= 0.6 is 23.2 Å². The molecule has 2 aromatic carbocycles. The van der Waals surface area contributed by atoms with E-state index in [-0.39, 0.29) is 33.6 Å². The maximum atomic E-state index is 14.1. The number of fused-ring (bicyclic) bond motifs is 2. The number of hydrogen-bond acceptors (Lipinski definition) is 5. The van der Waals surface area contributed by atoms with Gasteiger partial charge in [0.15, 0.2) is 11.6 Å². The van der Waals surface area contributed by atoms with E-state index < -0.39 is 17.3 Å². The third-order valence-electron chi connectivity index (χ3n) is 8.61. The molecule has 0 bridgehead atoms. The monoisotopic (exact) mass is 582 g/mol. The summed E-state index contributed by atoms with van der Waals surface area (Å²) in [6.45, 7) is 2.84. The van der Waals surface area contributed by atoms with Crippen molar-refractivity contribution in [2.24, 2.45) is 5.92 Å². The average molecular weight is 583 g/mol. The summed E-state index contributed by atoms with van der Waals surface area (Å²) < 4.78 is 20.2. The van der Waals surface area contributed by atoms with Gasteiger partial charge in [-0.3, -0.25) is 9.59 Å². The second kappa shape index (κ2) is 10.2. The van der Waals surface area contributed by atoms with Crippen LogP contribution < -0.4 is 15.8 Å². The first kappa shape index (κ1) is 26.8. The fourth-order valence-corrected chi connectivity index (χ4v) is 6.66. The number of pyridine rings is 1. The highest BCUT2D eigenvalue weighted by molar-refractivity contribution is 6.36. The number of halogens is 3. The van der Waals surface area contributed by atoms with Gasteiger partial charge in [0.05, 0.1) is 10.4 Å². The molecular formula is C30H29Cl2FN4O3. The highest BCUT2D eigenvalue weighted by Crippen LogP contribution is 2.47. The molecule has 1 spiro atoms. The van der Waals surface area contributed by atoms with E-state index in [2.05, 4.69) is 10.3 Å². The number of carbonyl (C=O) groups excluding carboxylic acids is 2. The number of amides is 2. The number of rotatable bonds is 5. The Morgan fingerprint density at radius 1 is 1.18 bits per heavy atom. The summed E-state index contributed by atoms with van der Waals surface area (Å²) in [5.74, 6) is 0.225. The van der Waals surface area contributed by atoms with Crippen molar-refractivity contribution >= 4 is 46.5 Å². The molecule has 3 heterocycles. The van der Waals surface area contributed by atoms with Gasteiger partial charge in [0, 0.05) is 47.0 Å². The Bertz CT molecular complexity index is 1520.